The van der Waals surface area contributed by atoms with E-state index in [1.54, 1.807) is 48.2 Å². The zero-order chi connectivity index (χ0) is 22.0. The van der Waals surface area contributed by atoms with Crippen LogP contribution in [-0.4, -0.2) is 44.2 Å². The molecule has 0 aliphatic carbocycles. The van der Waals surface area contributed by atoms with Crippen molar-refractivity contribution in [3.05, 3.63) is 53.6 Å². The molecule has 0 bridgehead atoms. The number of carbonyl (C=O) groups is 2. The average molecular weight is 442 g/mol. The number of aryl methyl sites for hydroxylation is 1. The van der Waals surface area contributed by atoms with E-state index < -0.39 is 10.0 Å². The van der Waals surface area contributed by atoms with E-state index in [4.69, 9.17) is 0 Å². The largest absolute Gasteiger partial charge is 0.322 e. The van der Waals surface area contributed by atoms with Gasteiger partial charge in [-0.25, -0.2) is 8.42 Å². The lowest BCUT2D eigenvalue weighted by molar-refractivity contribution is -0.117. The summed E-state index contributed by atoms with van der Waals surface area (Å²) in [7, 11) is -3.63. The molecule has 2 saturated heterocycles. The number of nitrogens with one attached hydrogen (secondary N) is 1. The Balaban J connectivity index is 1.51. The fraction of sp³-hybridized carbons (Fsp3) is 0.391. The second kappa shape index (κ2) is 8.80. The topological polar surface area (TPSA) is 86.8 Å². The number of hydrogen-bond acceptors (Lipinski definition) is 4. The van der Waals surface area contributed by atoms with Crippen LogP contribution in [0.15, 0.2) is 47.4 Å². The van der Waals surface area contributed by atoms with E-state index >= 15 is 0 Å². The third kappa shape index (κ3) is 4.50. The zero-order valence-corrected chi connectivity index (χ0v) is 18.5. The van der Waals surface area contributed by atoms with Gasteiger partial charge in [0.05, 0.1) is 4.90 Å². The molecule has 164 valence electrons. The first kappa shape index (κ1) is 21.5. The molecule has 0 radical (unpaired) electrons. The minimum atomic E-state index is -3.63. The van der Waals surface area contributed by atoms with E-state index in [2.05, 4.69) is 5.32 Å². The first-order chi connectivity index (χ1) is 14.9. The molecule has 4 rings (SSSR count). The van der Waals surface area contributed by atoms with Crippen molar-refractivity contribution in [2.75, 3.05) is 29.9 Å². The van der Waals surface area contributed by atoms with Gasteiger partial charge in [0.15, 0.2) is 0 Å². The summed E-state index contributed by atoms with van der Waals surface area (Å²) >= 11 is 0. The van der Waals surface area contributed by atoms with E-state index in [1.165, 1.54) is 10.4 Å². The molecule has 2 aliphatic rings. The normalized spacial score (nSPS) is 17.7. The predicted octanol–water partition coefficient (Wildman–Crippen LogP) is 3.55. The number of nitrogens with zero attached hydrogens (tertiary/aromatic N) is 2. The van der Waals surface area contributed by atoms with Gasteiger partial charge in [0.25, 0.3) is 5.91 Å². The molecule has 2 aromatic carbocycles. The number of benzene rings is 2. The highest BCUT2D eigenvalue weighted by atomic mass is 32.2. The van der Waals surface area contributed by atoms with Gasteiger partial charge in [-0.2, -0.15) is 4.31 Å². The third-order valence-electron chi connectivity index (χ3n) is 5.89. The molecule has 2 aromatic rings. The molecular formula is C23H27N3O4S. The van der Waals surface area contributed by atoms with Crippen molar-refractivity contribution in [3.63, 3.8) is 0 Å². The van der Waals surface area contributed by atoms with Crippen molar-refractivity contribution in [2.24, 2.45) is 0 Å². The number of hydrogen-bond donors (Lipinski definition) is 1. The molecule has 0 saturated carbocycles. The molecule has 0 unspecified atom stereocenters. The number of rotatable bonds is 5. The Morgan fingerprint density at radius 2 is 1.65 bits per heavy atom. The van der Waals surface area contributed by atoms with Crippen LogP contribution in [0.1, 0.15) is 48.0 Å². The third-order valence-corrected chi connectivity index (χ3v) is 7.93. The Morgan fingerprint density at radius 3 is 2.29 bits per heavy atom. The summed E-state index contributed by atoms with van der Waals surface area (Å²) in [5, 5.41) is 2.81. The Bertz CT molecular complexity index is 1090. The van der Waals surface area contributed by atoms with Gasteiger partial charge in [-0.15, -0.1) is 0 Å². The predicted molar refractivity (Wildman–Crippen MR) is 120 cm³/mol. The van der Waals surface area contributed by atoms with Crippen LogP contribution in [0.2, 0.25) is 0 Å². The molecule has 0 atom stereocenters. The molecule has 2 fully saturated rings. The molecular weight excluding hydrogens is 414 g/mol. The SMILES string of the molecule is Cc1ccc(C(=O)Nc2ccc(N3CCCC3=O)cc2)cc1S(=O)(=O)N1CCCCC1. The van der Waals surface area contributed by atoms with Gasteiger partial charge >= 0.3 is 0 Å². The zero-order valence-electron chi connectivity index (χ0n) is 17.6. The van der Waals surface area contributed by atoms with Crippen LogP contribution in [0.25, 0.3) is 0 Å². The van der Waals surface area contributed by atoms with Gasteiger partial charge in [-0.1, -0.05) is 12.5 Å². The molecule has 0 spiro atoms. The first-order valence-electron chi connectivity index (χ1n) is 10.7. The lowest BCUT2D eigenvalue weighted by atomic mass is 10.1. The van der Waals surface area contributed by atoms with Crippen LogP contribution in [0.4, 0.5) is 11.4 Å². The fourth-order valence-electron chi connectivity index (χ4n) is 4.11. The second-order valence-corrected chi connectivity index (χ2v) is 10.0. The fourth-order valence-corrected chi connectivity index (χ4v) is 5.88. The van der Waals surface area contributed by atoms with Gasteiger partial charge in [-0.3, -0.25) is 9.59 Å². The molecule has 2 heterocycles. The number of carbonyl (C=O) groups excluding carboxylic acids is 2. The maximum Gasteiger partial charge on any atom is 0.255 e. The molecule has 2 aliphatic heterocycles. The summed E-state index contributed by atoms with van der Waals surface area (Å²) in [6.07, 6.45) is 4.18. The van der Waals surface area contributed by atoms with Crippen molar-refractivity contribution in [2.45, 2.75) is 43.9 Å². The highest BCUT2D eigenvalue weighted by Gasteiger charge is 2.28. The smallest absolute Gasteiger partial charge is 0.255 e. The Hall–Kier alpha value is -2.71. The minimum absolute atomic E-state index is 0.110. The number of amides is 2. The van der Waals surface area contributed by atoms with Gasteiger partial charge in [-0.05, 0) is 68.1 Å². The standard InChI is InChI=1S/C23H27N3O4S/c1-17-7-8-18(16-21(17)31(29,30)25-13-3-2-4-14-25)23(28)24-19-9-11-20(12-10-19)26-15-5-6-22(26)27/h7-12,16H,2-6,13-15H2,1H3,(H,24,28). The van der Waals surface area contributed by atoms with Crippen LogP contribution in [0.3, 0.4) is 0 Å². The second-order valence-electron chi connectivity index (χ2n) is 8.09. The van der Waals surface area contributed by atoms with Crippen molar-refractivity contribution in [1.29, 1.82) is 0 Å². The van der Waals surface area contributed by atoms with Crippen molar-refractivity contribution in [1.82, 2.24) is 4.31 Å². The number of sulfonamides is 1. The van der Waals surface area contributed by atoms with Gasteiger partial charge in [0, 0.05) is 43.0 Å². The quantitative estimate of drug-likeness (QED) is 0.769. The number of piperidine rings is 1. The molecule has 8 heteroatoms. The lowest BCUT2D eigenvalue weighted by Gasteiger charge is -2.26. The minimum Gasteiger partial charge on any atom is -0.322 e. The van der Waals surface area contributed by atoms with Crippen molar-refractivity contribution in [3.8, 4) is 0 Å². The highest BCUT2D eigenvalue weighted by Crippen LogP contribution is 2.26. The van der Waals surface area contributed by atoms with Crippen molar-refractivity contribution >= 4 is 33.2 Å². The Kier molecular flexibility index (Phi) is 6.11. The van der Waals surface area contributed by atoms with E-state index in [-0.39, 0.29) is 16.7 Å². The summed E-state index contributed by atoms with van der Waals surface area (Å²) in [6.45, 7) is 3.49. The van der Waals surface area contributed by atoms with Gasteiger partial charge < -0.3 is 10.2 Å². The van der Waals surface area contributed by atoms with Crippen LogP contribution >= 0.6 is 0 Å². The van der Waals surface area contributed by atoms with Crippen LogP contribution in [0, 0.1) is 6.92 Å². The summed E-state index contributed by atoms with van der Waals surface area (Å²) in [5.41, 5.74) is 2.31. The summed E-state index contributed by atoms with van der Waals surface area (Å²) in [6, 6.07) is 11.9. The van der Waals surface area contributed by atoms with Gasteiger partial charge in [0.1, 0.15) is 0 Å². The molecule has 31 heavy (non-hydrogen) atoms. The monoisotopic (exact) mass is 441 g/mol. The van der Waals surface area contributed by atoms with E-state index in [9.17, 15) is 18.0 Å². The van der Waals surface area contributed by atoms with Crippen LogP contribution in [0.5, 0.6) is 0 Å². The van der Waals surface area contributed by atoms with E-state index in [0.717, 1.165) is 31.4 Å². The maximum atomic E-state index is 13.1. The lowest BCUT2D eigenvalue weighted by Crippen LogP contribution is -2.36. The van der Waals surface area contributed by atoms with Crippen LogP contribution in [-0.2, 0) is 14.8 Å². The number of anilines is 2. The molecule has 7 nitrogen and oxygen atoms in total. The Morgan fingerprint density at radius 1 is 0.935 bits per heavy atom. The van der Waals surface area contributed by atoms with Crippen molar-refractivity contribution < 1.29 is 18.0 Å². The summed E-state index contributed by atoms with van der Waals surface area (Å²) in [5.74, 6) is -0.265. The Labute approximate surface area is 183 Å². The molecule has 0 aromatic heterocycles. The average Bonchev–Trinajstić information content (AvgIpc) is 3.21. The van der Waals surface area contributed by atoms with E-state index in [0.29, 0.717) is 42.9 Å². The summed E-state index contributed by atoms with van der Waals surface area (Å²) in [4.78, 5) is 26.6. The van der Waals surface area contributed by atoms with Crippen LogP contribution < -0.4 is 10.2 Å². The summed E-state index contributed by atoms with van der Waals surface area (Å²) < 4.78 is 27.7. The first-order valence-corrected chi connectivity index (χ1v) is 12.1. The molecule has 2 amide bonds. The molecule has 1 N–H and O–H groups in total. The van der Waals surface area contributed by atoms with E-state index in [1.807, 2.05) is 0 Å². The maximum absolute atomic E-state index is 13.1. The van der Waals surface area contributed by atoms with Gasteiger partial charge in [0.2, 0.25) is 15.9 Å². The highest BCUT2D eigenvalue weighted by molar-refractivity contribution is 7.89.